The Morgan fingerprint density at radius 3 is 2.58 bits per heavy atom. The molecule has 1 saturated carbocycles. The van der Waals surface area contributed by atoms with Crippen LogP contribution in [0.4, 0.5) is 0 Å². The summed E-state index contributed by atoms with van der Waals surface area (Å²) in [5, 5.41) is 8.63. The molecule has 0 spiro atoms. The fourth-order valence-electron chi connectivity index (χ4n) is 1.68. The van der Waals surface area contributed by atoms with E-state index in [2.05, 4.69) is 6.58 Å². The van der Waals surface area contributed by atoms with Gasteiger partial charge in [-0.2, -0.15) is 0 Å². The Bertz CT molecular complexity index is 236. The van der Waals surface area contributed by atoms with Gasteiger partial charge in [-0.25, -0.2) is 4.79 Å². The zero-order valence-electron chi connectivity index (χ0n) is 6.88. The van der Waals surface area contributed by atoms with Crippen LogP contribution in [0.1, 0.15) is 19.3 Å². The molecule has 0 radical (unpaired) electrons. The van der Waals surface area contributed by atoms with Gasteiger partial charge in [0, 0.05) is 11.0 Å². The fraction of sp³-hybridized carbons (Fsp3) is 0.667. The smallest absolute Gasteiger partial charge is 0.330 e. The highest BCUT2D eigenvalue weighted by atomic mass is 16.6. The van der Waals surface area contributed by atoms with Crippen molar-refractivity contribution in [3.63, 3.8) is 0 Å². The Kier molecular flexibility index (Phi) is 1.51. The van der Waals surface area contributed by atoms with Gasteiger partial charge in [0.2, 0.25) is 0 Å². The van der Waals surface area contributed by atoms with Crippen LogP contribution < -0.4 is 0 Å². The summed E-state index contributed by atoms with van der Waals surface area (Å²) in [6, 6.07) is 0. The number of carbonyl (C=O) groups is 1. The monoisotopic (exact) mass is 168 g/mol. The molecule has 0 aromatic rings. The quantitative estimate of drug-likeness (QED) is 0.506. The van der Waals surface area contributed by atoms with Gasteiger partial charge in [-0.3, -0.25) is 0 Å². The number of carboxylic acid groups (broad SMARTS) is 1. The van der Waals surface area contributed by atoms with Crippen molar-refractivity contribution in [2.75, 3.05) is 6.61 Å². The highest BCUT2D eigenvalue weighted by Crippen LogP contribution is 2.57. The largest absolute Gasteiger partial charge is 0.478 e. The summed E-state index contributed by atoms with van der Waals surface area (Å²) in [4.78, 5) is 10.5. The molecule has 0 amide bonds. The molecule has 3 nitrogen and oxygen atoms in total. The summed E-state index contributed by atoms with van der Waals surface area (Å²) in [6.07, 6.45) is 3.13. The van der Waals surface area contributed by atoms with Gasteiger partial charge in [0.1, 0.15) is 0 Å². The van der Waals surface area contributed by atoms with Crippen LogP contribution in [0, 0.1) is 5.41 Å². The second-order valence-electron chi connectivity index (χ2n) is 3.77. The van der Waals surface area contributed by atoms with Crippen LogP contribution in [0.2, 0.25) is 0 Å². The molecule has 3 heteroatoms. The second-order valence-corrected chi connectivity index (χ2v) is 3.77. The van der Waals surface area contributed by atoms with Crippen LogP contribution in [0.15, 0.2) is 12.2 Å². The van der Waals surface area contributed by atoms with Gasteiger partial charge >= 0.3 is 5.97 Å². The molecule has 1 heterocycles. The predicted molar refractivity (Wildman–Crippen MR) is 42.8 cm³/mol. The topological polar surface area (TPSA) is 49.8 Å². The predicted octanol–water partition coefficient (Wildman–Crippen LogP) is 1.20. The van der Waals surface area contributed by atoms with E-state index in [0.717, 1.165) is 19.4 Å². The number of hydrogen-bond donors (Lipinski definition) is 1. The lowest BCUT2D eigenvalue weighted by atomic mass is 9.94. The lowest BCUT2D eigenvalue weighted by Gasteiger charge is -2.10. The third-order valence-electron chi connectivity index (χ3n) is 2.78. The Labute approximate surface area is 71.0 Å². The maximum atomic E-state index is 10.5. The number of hydrogen-bond acceptors (Lipinski definition) is 2. The maximum Gasteiger partial charge on any atom is 0.330 e. The van der Waals surface area contributed by atoms with E-state index in [0.29, 0.717) is 18.1 Å². The molecule has 12 heavy (non-hydrogen) atoms. The first-order valence-electron chi connectivity index (χ1n) is 4.17. The van der Waals surface area contributed by atoms with Crippen molar-refractivity contribution >= 4 is 5.97 Å². The van der Waals surface area contributed by atoms with Crippen molar-refractivity contribution in [2.24, 2.45) is 5.41 Å². The zero-order chi connectivity index (χ0) is 8.77. The molecule has 66 valence electrons. The van der Waals surface area contributed by atoms with Gasteiger partial charge < -0.3 is 9.84 Å². The number of ether oxygens (including phenoxy) is 1. The Hall–Kier alpha value is -0.830. The third-order valence-corrected chi connectivity index (χ3v) is 2.78. The standard InChI is InChI=1S/C9H12O3/c1-6(8(10)11)4-9(2-3-9)7-5-12-7/h7H,1-5H2,(H,10,11). The molecule has 2 rings (SSSR count). The average Bonchev–Trinajstić information content (AvgIpc) is 2.82. The molecule has 2 aliphatic rings. The molecule has 1 unspecified atom stereocenters. The van der Waals surface area contributed by atoms with Gasteiger partial charge in [-0.05, 0) is 19.3 Å². The third kappa shape index (κ3) is 1.25. The fourth-order valence-corrected chi connectivity index (χ4v) is 1.68. The van der Waals surface area contributed by atoms with Crippen molar-refractivity contribution in [3.8, 4) is 0 Å². The van der Waals surface area contributed by atoms with Crippen LogP contribution in [-0.4, -0.2) is 23.8 Å². The van der Waals surface area contributed by atoms with E-state index in [9.17, 15) is 4.79 Å². The number of carboxylic acids is 1. The van der Waals surface area contributed by atoms with E-state index in [1.54, 1.807) is 0 Å². The molecule has 1 N–H and O–H groups in total. The Morgan fingerprint density at radius 2 is 2.25 bits per heavy atom. The average molecular weight is 168 g/mol. The summed E-state index contributed by atoms with van der Waals surface area (Å²) in [7, 11) is 0. The molecule has 1 aliphatic carbocycles. The van der Waals surface area contributed by atoms with Crippen molar-refractivity contribution < 1.29 is 14.6 Å². The van der Waals surface area contributed by atoms with E-state index < -0.39 is 5.97 Å². The second kappa shape index (κ2) is 2.33. The SMILES string of the molecule is C=C(CC1(C2CO2)CC1)C(=O)O. The lowest BCUT2D eigenvalue weighted by Crippen LogP contribution is -2.13. The summed E-state index contributed by atoms with van der Waals surface area (Å²) in [5.41, 5.74) is 0.484. The van der Waals surface area contributed by atoms with Crippen LogP contribution in [0.25, 0.3) is 0 Å². The first kappa shape index (κ1) is 7.80. The van der Waals surface area contributed by atoms with Crippen LogP contribution in [0.5, 0.6) is 0 Å². The van der Waals surface area contributed by atoms with E-state index in [-0.39, 0.29) is 5.41 Å². The minimum absolute atomic E-state index is 0.162. The number of epoxide rings is 1. The highest BCUT2D eigenvalue weighted by molar-refractivity contribution is 5.85. The summed E-state index contributed by atoms with van der Waals surface area (Å²) in [6.45, 7) is 4.35. The number of rotatable bonds is 4. The van der Waals surface area contributed by atoms with Crippen LogP contribution >= 0.6 is 0 Å². The van der Waals surface area contributed by atoms with E-state index in [1.165, 1.54) is 0 Å². The molecular formula is C9H12O3. The molecule has 1 aliphatic heterocycles. The summed E-state index contributed by atoms with van der Waals surface area (Å²) in [5.74, 6) is -0.873. The molecule has 1 saturated heterocycles. The molecular weight excluding hydrogens is 156 g/mol. The number of aliphatic carboxylic acids is 1. The van der Waals surface area contributed by atoms with Crippen molar-refractivity contribution in [3.05, 3.63) is 12.2 Å². The summed E-state index contributed by atoms with van der Waals surface area (Å²) < 4.78 is 5.18. The van der Waals surface area contributed by atoms with Gasteiger partial charge in [0.05, 0.1) is 12.7 Å². The molecule has 0 aromatic carbocycles. The Balaban J connectivity index is 1.93. The van der Waals surface area contributed by atoms with Crippen LogP contribution in [-0.2, 0) is 9.53 Å². The lowest BCUT2D eigenvalue weighted by molar-refractivity contribution is -0.132. The molecule has 0 aromatic heterocycles. The van der Waals surface area contributed by atoms with Crippen LogP contribution in [0.3, 0.4) is 0 Å². The van der Waals surface area contributed by atoms with Gasteiger partial charge in [0.25, 0.3) is 0 Å². The zero-order valence-corrected chi connectivity index (χ0v) is 6.88. The van der Waals surface area contributed by atoms with E-state index >= 15 is 0 Å². The molecule has 0 bridgehead atoms. The minimum Gasteiger partial charge on any atom is -0.478 e. The first-order valence-corrected chi connectivity index (χ1v) is 4.17. The maximum absolute atomic E-state index is 10.5. The minimum atomic E-state index is -0.873. The van der Waals surface area contributed by atoms with Gasteiger partial charge in [-0.1, -0.05) is 6.58 Å². The van der Waals surface area contributed by atoms with Gasteiger partial charge in [0.15, 0.2) is 0 Å². The van der Waals surface area contributed by atoms with Crippen molar-refractivity contribution in [2.45, 2.75) is 25.4 Å². The molecule has 1 atom stereocenters. The van der Waals surface area contributed by atoms with Crippen molar-refractivity contribution in [1.29, 1.82) is 0 Å². The van der Waals surface area contributed by atoms with Crippen molar-refractivity contribution in [1.82, 2.24) is 0 Å². The summed E-state index contributed by atoms with van der Waals surface area (Å²) >= 11 is 0. The van der Waals surface area contributed by atoms with E-state index in [1.807, 2.05) is 0 Å². The van der Waals surface area contributed by atoms with E-state index in [4.69, 9.17) is 9.84 Å². The molecule has 2 fully saturated rings. The first-order chi connectivity index (χ1) is 5.64. The van der Waals surface area contributed by atoms with Gasteiger partial charge in [-0.15, -0.1) is 0 Å². The Morgan fingerprint density at radius 1 is 1.67 bits per heavy atom. The highest BCUT2D eigenvalue weighted by Gasteiger charge is 2.55. The normalized spacial score (nSPS) is 29.5.